The monoisotopic (exact) mass is 343 g/mol. The zero-order valence-electron chi connectivity index (χ0n) is 13.4. The van der Waals surface area contributed by atoms with Gasteiger partial charge in [0.2, 0.25) is 0 Å². The minimum Gasteiger partial charge on any atom is -0.462 e. The Bertz CT molecular complexity index is 693. The first kappa shape index (κ1) is 17.4. The van der Waals surface area contributed by atoms with Gasteiger partial charge in [0.1, 0.15) is 18.1 Å². The molecule has 0 aromatic carbocycles. The van der Waals surface area contributed by atoms with Crippen LogP contribution in [0.2, 0.25) is 0 Å². The van der Waals surface area contributed by atoms with E-state index in [0.29, 0.717) is 19.8 Å². The summed E-state index contributed by atoms with van der Waals surface area (Å²) >= 11 is 0. The molecular formula is C13H21N5O4S. The van der Waals surface area contributed by atoms with E-state index in [1.807, 2.05) is 31.1 Å². The predicted molar refractivity (Wildman–Crippen MR) is 86.6 cm³/mol. The summed E-state index contributed by atoms with van der Waals surface area (Å²) in [5, 5.41) is 5.54. The third-order valence-electron chi connectivity index (χ3n) is 2.85. The highest BCUT2D eigenvalue weighted by atomic mass is 32.2. The van der Waals surface area contributed by atoms with Gasteiger partial charge in [-0.2, -0.15) is 8.42 Å². The third-order valence-corrected chi connectivity index (χ3v) is 3.67. The fraction of sp³-hybridized carbons (Fsp3) is 0.538. The van der Waals surface area contributed by atoms with Gasteiger partial charge < -0.3 is 24.7 Å². The first-order valence-electron chi connectivity index (χ1n) is 7.06. The van der Waals surface area contributed by atoms with E-state index in [-0.39, 0.29) is 11.7 Å². The predicted octanol–water partition coefficient (Wildman–Crippen LogP) is -0.278. The molecule has 1 aliphatic heterocycles. The van der Waals surface area contributed by atoms with Crippen LogP contribution in [-0.2, 0) is 28.1 Å². The number of furan rings is 1. The Kier molecular flexibility index (Phi) is 5.74. The van der Waals surface area contributed by atoms with Gasteiger partial charge in [-0.25, -0.2) is 0 Å². The summed E-state index contributed by atoms with van der Waals surface area (Å²) in [5.74, 6) is 2.03. The number of hydrogen-bond acceptors (Lipinski definition) is 7. The molecule has 0 saturated carbocycles. The molecule has 0 spiro atoms. The number of likely N-dealkylation sites (N-methyl/N-ethyl adjacent to an activating group) is 1. The molecule has 0 amide bonds. The summed E-state index contributed by atoms with van der Waals surface area (Å²) in [4.78, 5) is 2.02. The highest BCUT2D eigenvalue weighted by Crippen LogP contribution is 2.10. The van der Waals surface area contributed by atoms with Gasteiger partial charge in [0.25, 0.3) is 0 Å². The van der Waals surface area contributed by atoms with E-state index in [2.05, 4.69) is 19.4 Å². The van der Waals surface area contributed by atoms with Crippen molar-refractivity contribution in [2.45, 2.75) is 13.2 Å². The highest BCUT2D eigenvalue weighted by molar-refractivity contribution is 7.89. The van der Waals surface area contributed by atoms with Gasteiger partial charge in [-0.05, 0) is 26.2 Å². The van der Waals surface area contributed by atoms with Crippen molar-refractivity contribution in [3.8, 4) is 0 Å². The van der Waals surface area contributed by atoms with E-state index in [4.69, 9.17) is 9.15 Å². The fourth-order valence-electron chi connectivity index (χ4n) is 1.93. The summed E-state index contributed by atoms with van der Waals surface area (Å²) in [6.45, 7) is 1.87. The largest absolute Gasteiger partial charge is 0.462 e. The van der Waals surface area contributed by atoms with E-state index < -0.39 is 10.2 Å². The van der Waals surface area contributed by atoms with Gasteiger partial charge in [-0.1, -0.05) is 0 Å². The van der Waals surface area contributed by atoms with E-state index >= 15 is 0 Å². The molecule has 0 unspecified atom stereocenters. The van der Waals surface area contributed by atoms with Crippen LogP contribution in [0.4, 0.5) is 0 Å². The van der Waals surface area contributed by atoms with Gasteiger partial charge in [-0.3, -0.25) is 0 Å². The summed E-state index contributed by atoms with van der Waals surface area (Å²) in [5.41, 5.74) is 0. The van der Waals surface area contributed by atoms with Crippen molar-refractivity contribution in [1.29, 1.82) is 0 Å². The molecule has 128 valence electrons. The van der Waals surface area contributed by atoms with Gasteiger partial charge in [0, 0.05) is 13.6 Å². The van der Waals surface area contributed by atoms with E-state index in [1.165, 1.54) is 0 Å². The van der Waals surface area contributed by atoms with Crippen LogP contribution in [0.1, 0.15) is 11.5 Å². The Balaban J connectivity index is 1.70. The molecule has 9 nitrogen and oxygen atoms in total. The van der Waals surface area contributed by atoms with Crippen LogP contribution in [0, 0.1) is 0 Å². The Morgan fingerprint density at radius 2 is 1.91 bits per heavy atom. The zero-order valence-corrected chi connectivity index (χ0v) is 14.2. The molecular weight excluding hydrogens is 322 g/mol. The lowest BCUT2D eigenvalue weighted by Gasteiger charge is -2.07. The topological polar surface area (TPSA) is 109 Å². The number of nitrogens with one attached hydrogen (secondary N) is 2. The summed E-state index contributed by atoms with van der Waals surface area (Å²) in [6, 6.07) is 3.80. The van der Waals surface area contributed by atoms with Crippen LogP contribution >= 0.6 is 0 Å². The molecule has 0 radical (unpaired) electrons. The van der Waals surface area contributed by atoms with E-state index in [1.54, 1.807) is 7.05 Å². The molecule has 1 aromatic rings. The molecule has 2 heterocycles. The number of ether oxygens (including phenoxy) is 1. The summed E-state index contributed by atoms with van der Waals surface area (Å²) in [7, 11) is 1.76. The molecule has 0 bridgehead atoms. The van der Waals surface area contributed by atoms with Gasteiger partial charge in [-0.15, -0.1) is 8.80 Å². The smallest absolute Gasteiger partial charge is 0.367 e. The molecule has 0 fully saturated rings. The quantitative estimate of drug-likeness (QED) is 0.656. The molecule has 0 atom stereocenters. The molecule has 1 aliphatic rings. The van der Waals surface area contributed by atoms with Crippen molar-refractivity contribution in [2.24, 2.45) is 8.80 Å². The first-order chi connectivity index (χ1) is 10.9. The van der Waals surface area contributed by atoms with Crippen LogP contribution in [0.5, 0.6) is 0 Å². The average Bonchev–Trinajstić information content (AvgIpc) is 3.01. The zero-order chi connectivity index (χ0) is 16.9. The fourth-order valence-corrected chi connectivity index (χ4v) is 2.76. The van der Waals surface area contributed by atoms with Crippen molar-refractivity contribution in [1.82, 2.24) is 15.5 Å². The van der Waals surface area contributed by atoms with E-state index in [9.17, 15) is 8.42 Å². The van der Waals surface area contributed by atoms with Crippen molar-refractivity contribution in [2.75, 3.05) is 34.3 Å². The second-order valence-corrected chi connectivity index (χ2v) is 6.42. The summed E-state index contributed by atoms with van der Waals surface area (Å²) < 4.78 is 40.6. The van der Waals surface area contributed by atoms with Crippen LogP contribution in [-0.4, -0.2) is 59.3 Å². The molecule has 10 heteroatoms. The van der Waals surface area contributed by atoms with Gasteiger partial charge in [0.15, 0.2) is 11.7 Å². The maximum Gasteiger partial charge on any atom is 0.367 e. The second kappa shape index (κ2) is 7.57. The average molecular weight is 343 g/mol. The van der Waals surface area contributed by atoms with Crippen LogP contribution in [0.3, 0.4) is 0 Å². The van der Waals surface area contributed by atoms with Crippen LogP contribution in [0.25, 0.3) is 0 Å². The lowest BCUT2D eigenvalue weighted by molar-refractivity contribution is 0.109. The third kappa shape index (κ3) is 5.34. The highest BCUT2D eigenvalue weighted by Gasteiger charge is 2.22. The van der Waals surface area contributed by atoms with E-state index in [0.717, 1.165) is 18.1 Å². The lowest BCUT2D eigenvalue weighted by atomic mass is 10.4. The van der Waals surface area contributed by atoms with Crippen molar-refractivity contribution in [3.63, 3.8) is 0 Å². The van der Waals surface area contributed by atoms with Crippen molar-refractivity contribution < 1.29 is 17.6 Å². The molecule has 0 saturated heterocycles. The molecule has 0 aliphatic carbocycles. The number of rotatable bonds is 7. The maximum atomic E-state index is 11.3. The standard InChI is InChI=1S/C13H21N5O4S/c1-14-12-13(17-23(19,20)16-12)15-6-7-21-9-11-5-4-10(22-11)8-18(2)3/h4-5H,6-9H2,1-3H3,(H,14,16)(H,15,17). The number of nitrogens with zero attached hydrogens (tertiary/aromatic N) is 3. The van der Waals surface area contributed by atoms with Crippen molar-refractivity contribution >= 4 is 21.9 Å². The Hall–Kier alpha value is -1.91. The first-order valence-corrected chi connectivity index (χ1v) is 8.46. The number of amidine groups is 2. The Labute approximate surface area is 135 Å². The lowest BCUT2D eigenvalue weighted by Crippen LogP contribution is -2.38. The Morgan fingerprint density at radius 1 is 1.22 bits per heavy atom. The van der Waals surface area contributed by atoms with Crippen molar-refractivity contribution in [3.05, 3.63) is 23.7 Å². The van der Waals surface area contributed by atoms with Crippen LogP contribution < -0.4 is 10.6 Å². The molecule has 23 heavy (non-hydrogen) atoms. The normalized spacial score (nSPS) is 16.3. The minimum atomic E-state index is -3.76. The molecule has 1 aromatic heterocycles. The van der Waals surface area contributed by atoms with Gasteiger partial charge >= 0.3 is 10.2 Å². The Morgan fingerprint density at radius 3 is 2.61 bits per heavy atom. The molecule has 2 rings (SSSR count). The van der Waals surface area contributed by atoms with Crippen LogP contribution in [0.15, 0.2) is 25.3 Å². The summed E-state index contributed by atoms with van der Waals surface area (Å²) in [6.07, 6.45) is 0. The maximum absolute atomic E-state index is 11.3. The number of hydrogen-bond donors (Lipinski definition) is 2. The van der Waals surface area contributed by atoms with Gasteiger partial charge in [0.05, 0.1) is 13.2 Å². The SMILES string of the molecule is CNC1=NS(=O)(=O)N=C1NCCOCc1ccc(CN(C)C)o1. The minimum absolute atomic E-state index is 0.197. The molecule has 2 N–H and O–H groups in total. The second-order valence-electron chi connectivity index (χ2n) is 5.16.